The summed E-state index contributed by atoms with van der Waals surface area (Å²) in [5, 5.41) is 3.89. The first-order valence-electron chi connectivity index (χ1n) is 12.1. The standard InChI is InChI=1S/C28H32N4O5/c1-33-27-28(29,31-32-30)26(36-19-23-15-9-4-10-16-23)25(35-18-22-13-7-3-8-14-22)24(37-27)20-34-17-21-11-5-2-6-12-21/h2-16,24-27H,17-20,29H2,1H3/t24-,25+,26+,27-,28+/m1/s1. The molecule has 3 aromatic rings. The summed E-state index contributed by atoms with van der Waals surface area (Å²) in [6, 6.07) is 29.3. The zero-order valence-corrected chi connectivity index (χ0v) is 20.8. The largest absolute Gasteiger partial charge is 0.374 e. The molecule has 37 heavy (non-hydrogen) atoms. The predicted molar refractivity (Wildman–Crippen MR) is 138 cm³/mol. The van der Waals surface area contributed by atoms with E-state index in [-0.39, 0.29) is 19.8 Å². The highest BCUT2D eigenvalue weighted by atomic mass is 16.7. The van der Waals surface area contributed by atoms with Gasteiger partial charge in [0.15, 0.2) is 12.0 Å². The van der Waals surface area contributed by atoms with Crippen molar-refractivity contribution in [1.82, 2.24) is 0 Å². The summed E-state index contributed by atoms with van der Waals surface area (Å²) in [7, 11) is 1.44. The summed E-state index contributed by atoms with van der Waals surface area (Å²) < 4.78 is 30.4. The number of rotatable bonds is 12. The van der Waals surface area contributed by atoms with Crippen LogP contribution >= 0.6 is 0 Å². The summed E-state index contributed by atoms with van der Waals surface area (Å²) >= 11 is 0. The van der Waals surface area contributed by atoms with Gasteiger partial charge in [0.25, 0.3) is 0 Å². The van der Waals surface area contributed by atoms with E-state index in [0.717, 1.165) is 16.7 Å². The van der Waals surface area contributed by atoms with Crippen LogP contribution in [-0.2, 0) is 43.5 Å². The third-order valence-corrected chi connectivity index (χ3v) is 6.18. The fourth-order valence-electron chi connectivity index (χ4n) is 4.31. The lowest BCUT2D eigenvalue weighted by atomic mass is 9.91. The molecular formula is C28H32N4O5. The van der Waals surface area contributed by atoms with E-state index in [1.807, 2.05) is 91.0 Å². The van der Waals surface area contributed by atoms with Gasteiger partial charge in [0.2, 0.25) is 0 Å². The number of benzene rings is 3. The van der Waals surface area contributed by atoms with Gasteiger partial charge in [0.1, 0.15) is 18.3 Å². The van der Waals surface area contributed by atoms with Gasteiger partial charge in [0, 0.05) is 12.0 Å². The predicted octanol–water partition coefficient (Wildman–Crippen LogP) is 4.71. The highest BCUT2D eigenvalue weighted by Crippen LogP contribution is 2.35. The molecule has 1 saturated heterocycles. The molecule has 1 heterocycles. The van der Waals surface area contributed by atoms with E-state index in [2.05, 4.69) is 10.0 Å². The van der Waals surface area contributed by atoms with Gasteiger partial charge in [-0.05, 0) is 22.2 Å². The van der Waals surface area contributed by atoms with Crippen LogP contribution < -0.4 is 5.73 Å². The molecule has 0 aromatic heterocycles. The van der Waals surface area contributed by atoms with E-state index in [1.54, 1.807) is 0 Å². The summed E-state index contributed by atoms with van der Waals surface area (Å²) in [5.41, 5.74) is 17.3. The van der Waals surface area contributed by atoms with Crippen molar-refractivity contribution in [3.8, 4) is 0 Å². The van der Waals surface area contributed by atoms with Gasteiger partial charge in [-0.25, -0.2) is 0 Å². The van der Waals surface area contributed by atoms with Crippen LogP contribution in [-0.4, -0.2) is 44.0 Å². The zero-order valence-electron chi connectivity index (χ0n) is 20.8. The molecule has 0 spiro atoms. The minimum atomic E-state index is -1.68. The second-order valence-corrected chi connectivity index (χ2v) is 8.80. The lowest BCUT2D eigenvalue weighted by molar-refractivity contribution is -0.305. The topological polar surface area (TPSA) is 121 Å². The Balaban J connectivity index is 1.60. The summed E-state index contributed by atoms with van der Waals surface area (Å²) in [5.74, 6) is 0. The van der Waals surface area contributed by atoms with Crippen molar-refractivity contribution in [3.05, 3.63) is 118 Å². The fourth-order valence-corrected chi connectivity index (χ4v) is 4.31. The maximum Gasteiger partial charge on any atom is 0.184 e. The molecule has 194 valence electrons. The molecule has 1 aliphatic heterocycles. The van der Waals surface area contributed by atoms with Crippen LogP contribution in [0.3, 0.4) is 0 Å². The van der Waals surface area contributed by atoms with Crippen LogP contribution in [0.15, 0.2) is 96.1 Å². The molecule has 0 saturated carbocycles. The molecule has 1 aliphatic rings. The van der Waals surface area contributed by atoms with Gasteiger partial charge in [-0.3, -0.25) is 0 Å². The van der Waals surface area contributed by atoms with E-state index >= 15 is 0 Å². The zero-order chi connectivity index (χ0) is 25.9. The van der Waals surface area contributed by atoms with Crippen molar-refractivity contribution < 1.29 is 23.7 Å². The molecule has 4 rings (SSSR count). The molecule has 2 N–H and O–H groups in total. The van der Waals surface area contributed by atoms with Gasteiger partial charge in [-0.15, -0.1) is 0 Å². The molecule has 9 nitrogen and oxygen atoms in total. The molecule has 3 aromatic carbocycles. The van der Waals surface area contributed by atoms with E-state index in [9.17, 15) is 5.53 Å². The third-order valence-electron chi connectivity index (χ3n) is 6.18. The lowest BCUT2D eigenvalue weighted by Gasteiger charge is -2.49. The van der Waals surface area contributed by atoms with Crippen LogP contribution in [0, 0.1) is 0 Å². The third kappa shape index (κ3) is 6.94. The molecule has 5 atom stereocenters. The first kappa shape index (κ1) is 26.8. The van der Waals surface area contributed by atoms with Crippen LogP contribution in [0.5, 0.6) is 0 Å². The van der Waals surface area contributed by atoms with Gasteiger partial charge in [0.05, 0.1) is 26.4 Å². The Hall–Kier alpha value is -3.27. The van der Waals surface area contributed by atoms with E-state index in [4.69, 9.17) is 29.4 Å². The molecule has 9 heteroatoms. The van der Waals surface area contributed by atoms with Gasteiger partial charge < -0.3 is 29.4 Å². The Kier molecular flexibility index (Phi) is 9.65. The molecule has 0 unspecified atom stereocenters. The number of ether oxygens (including phenoxy) is 5. The van der Waals surface area contributed by atoms with E-state index < -0.39 is 30.3 Å². The average molecular weight is 505 g/mol. The number of methoxy groups -OCH3 is 1. The van der Waals surface area contributed by atoms with Crippen molar-refractivity contribution in [1.29, 1.82) is 0 Å². The molecule has 0 amide bonds. The Labute approximate surface area is 216 Å². The van der Waals surface area contributed by atoms with E-state index in [0.29, 0.717) is 6.61 Å². The fraction of sp³-hybridized carbons (Fsp3) is 0.357. The highest BCUT2D eigenvalue weighted by Gasteiger charge is 2.56. The Morgan fingerprint density at radius 1 is 0.838 bits per heavy atom. The number of hydrogen-bond acceptors (Lipinski definition) is 7. The first-order valence-corrected chi connectivity index (χ1v) is 12.1. The number of hydrogen-bond donors (Lipinski definition) is 1. The Morgan fingerprint density at radius 2 is 1.35 bits per heavy atom. The number of nitrogens with zero attached hydrogens (tertiary/aromatic N) is 3. The van der Waals surface area contributed by atoms with Gasteiger partial charge >= 0.3 is 0 Å². The average Bonchev–Trinajstić information content (AvgIpc) is 2.94. The Bertz CT molecular complexity index is 1130. The van der Waals surface area contributed by atoms with Gasteiger partial charge in [-0.2, -0.15) is 0 Å². The minimum Gasteiger partial charge on any atom is -0.374 e. The Morgan fingerprint density at radius 3 is 1.86 bits per heavy atom. The van der Waals surface area contributed by atoms with Crippen molar-refractivity contribution in [2.75, 3.05) is 13.7 Å². The van der Waals surface area contributed by atoms with Crippen LogP contribution in [0.1, 0.15) is 16.7 Å². The molecular weight excluding hydrogens is 472 g/mol. The normalized spacial score (nSPS) is 25.4. The van der Waals surface area contributed by atoms with Gasteiger partial charge in [-0.1, -0.05) is 96.1 Å². The number of azide groups is 1. The van der Waals surface area contributed by atoms with Crippen molar-refractivity contribution in [2.45, 2.75) is 50.1 Å². The maximum atomic E-state index is 9.37. The monoisotopic (exact) mass is 504 g/mol. The van der Waals surface area contributed by atoms with Crippen molar-refractivity contribution in [2.24, 2.45) is 10.8 Å². The second kappa shape index (κ2) is 13.3. The summed E-state index contributed by atoms with van der Waals surface area (Å²) in [6.45, 7) is 1.08. The first-order chi connectivity index (χ1) is 18.1. The molecule has 1 fully saturated rings. The summed E-state index contributed by atoms with van der Waals surface area (Å²) in [4.78, 5) is 2.99. The molecule has 0 aliphatic carbocycles. The highest BCUT2D eigenvalue weighted by molar-refractivity contribution is 5.16. The van der Waals surface area contributed by atoms with Crippen molar-refractivity contribution in [3.63, 3.8) is 0 Å². The molecule has 0 radical (unpaired) electrons. The van der Waals surface area contributed by atoms with Crippen molar-refractivity contribution >= 4 is 0 Å². The second-order valence-electron chi connectivity index (χ2n) is 8.80. The van der Waals surface area contributed by atoms with E-state index in [1.165, 1.54) is 7.11 Å². The lowest BCUT2D eigenvalue weighted by Crippen LogP contribution is -2.71. The van der Waals surface area contributed by atoms with Crippen LogP contribution in [0.2, 0.25) is 0 Å². The minimum absolute atomic E-state index is 0.186. The number of nitrogens with two attached hydrogens (primary N) is 1. The van der Waals surface area contributed by atoms with Crippen LogP contribution in [0.25, 0.3) is 10.4 Å². The van der Waals surface area contributed by atoms with Crippen LogP contribution in [0.4, 0.5) is 0 Å². The maximum absolute atomic E-state index is 9.37. The molecule has 0 bridgehead atoms. The summed E-state index contributed by atoms with van der Waals surface area (Å²) in [6.07, 6.45) is -3.30. The SMILES string of the molecule is CO[C@@H]1O[C@H](COCc2ccccc2)[C@H](OCc2ccccc2)[C@H](OCc2ccccc2)[C@]1(N)N=[N+]=[N-]. The quantitative estimate of drug-likeness (QED) is 0.217. The smallest absolute Gasteiger partial charge is 0.184 e.